The van der Waals surface area contributed by atoms with Crippen molar-refractivity contribution in [2.75, 3.05) is 26.2 Å². The molecule has 1 aliphatic heterocycles. The highest BCUT2D eigenvalue weighted by Gasteiger charge is 2.40. The molecule has 1 fully saturated rings. The number of nitrogens with one attached hydrogen (secondary N) is 10. The summed E-state index contributed by atoms with van der Waals surface area (Å²) in [6.45, 7) is 7.32. The monoisotopic (exact) mass is 1550 g/mol. The van der Waals surface area contributed by atoms with Gasteiger partial charge in [0, 0.05) is 83.5 Å². The molecule has 0 radical (unpaired) electrons. The van der Waals surface area contributed by atoms with E-state index in [1.165, 1.54) is 55.4 Å². The Morgan fingerprint density at radius 1 is 0.545 bits per heavy atom. The molecule has 596 valence electrons. The lowest BCUT2D eigenvalue weighted by Gasteiger charge is -2.31. The summed E-state index contributed by atoms with van der Waals surface area (Å²) in [4.78, 5) is 194. The van der Waals surface area contributed by atoms with Gasteiger partial charge in [0.2, 0.25) is 65.0 Å². The molecule has 4 aromatic carbocycles. The summed E-state index contributed by atoms with van der Waals surface area (Å²) in [7, 11) is 0. The van der Waals surface area contributed by atoms with Gasteiger partial charge in [-0.3, -0.25) is 72.3 Å². The summed E-state index contributed by atoms with van der Waals surface area (Å²) in [5.41, 5.74) is 23.9. The van der Waals surface area contributed by atoms with Crippen LogP contribution in [0, 0.1) is 5.92 Å². The molecule has 0 aliphatic carbocycles. The molecule has 22 N–H and O–H groups in total. The number of amides is 13. The smallest absolute Gasteiger partial charge is 0.312 e. The minimum atomic E-state index is -1.85. The number of aliphatic hydroxyl groups excluding tert-OH is 1. The number of halogens is 1. The number of nitrogens with zero attached hydrogens (tertiary/aromatic N) is 3. The van der Waals surface area contributed by atoms with E-state index in [1.807, 2.05) is 42.5 Å². The lowest BCUT2D eigenvalue weighted by atomic mass is 9.99. The van der Waals surface area contributed by atoms with Crippen molar-refractivity contribution in [2.45, 2.75) is 173 Å². The summed E-state index contributed by atoms with van der Waals surface area (Å²) >= 11 is 6.23. The number of aliphatic hydroxyl groups is 1. The number of fused-ring (bicyclic) bond motifs is 1. The first-order valence-electron chi connectivity index (χ1n) is 35.3. The summed E-state index contributed by atoms with van der Waals surface area (Å²) in [6, 6.07) is 13.5. The Bertz CT molecular complexity index is 3980. The summed E-state index contributed by atoms with van der Waals surface area (Å²) in [5, 5.41) is 64.4. The SMILES string of the molecule is CC(=O)N[C@H](Cc1ccc2ccccc2c1)C(=O)N[C@H](Cc1ccc(Cl)cc1)C(=O)N[C@H](Cc1cccnc1)C(=O)N[C@@H](CO)C(=O)N[C@@H](Cc1ccc(O)cc1)C(=O)N[C@H](CCCNC(N)=O)C(=O)N[C@@H](CC(C)C)C(=O)N[C@@H](CCCN=C(N)N)C(=O)N1CCC[C@H]1C(=O)N[C@H](C)C(N)=O.CC(=O)O.CC(=O)O. The maximum Gasteiger partial charge on any atom is 0.312 e. The number of carboxylic acid groups (broad SMARTS) is 2. The highest BCUT2D eigenvalue weighted by Crippen LogP contribution is 2.22. The van der Waals surface area contributed by atoms with E-state index < -0.39 is 150 Å². The van der Waals surface area contributed by atoms with Crippen LogP contribution in [0.1, 0.15) is 109 Å². The number of carboxylic acids is 2. The molecular weight excluding hydrogens is 1450 g/mol. The van der Waals surface area contributed by atoms with Crippen molar-refractivity contribution in [1.82, 2.24) is 63.1 Å². The number of urea groups is 1. The molecule has 0 saturated carbocycles. The fourth-order valence-corrected chi connectivity index (χ4v) is 11.5. The van der Waals surface area contributed by atoms with Gasteiger partial charge >= 0.3 is 6.03 Å². The molecule has 13 amide bonds. The van der Waals surface area contributed by atoms with Gasteiger partial charge in [-0.1, -0.05) is 98.2 Å². The van der Waals surface area contributed by atoms with E-state index in [0.29, 0.717) is 33.7 Å². The summed E-state index contributed by atoms with van der Waals surface area (Å²) in [6.07, 6.45) is 2.70. The van der Waals surface area contributed by atoms with Crippen molar-refractivity contribution in [1.29, 1.82) is 0 Å². The minimum Gasteiger partial charge on any atom is -0.508 e. The molecule has 35 nitrogen and oxygen atoms in total. The molecule has 110 heavy (non-hydrogen) atoms. The molecule has 1 aromatic heterocycles. The number of phenolic OH excluding ortho intramolecular Hbond substituents is 1. The predicted octanol–water partition coefficient (Wildman–Crippen LogP) is -0.534. The van der Waals surface area contributed by atoms with Crippen LogP contribution in [0.25, 0.3) is 10.8 Å². The number of carbonyl (C=O) groups is 14. The molecule has 0 bridgehead atoms. The number of benzene rings is 4. The number of hydrogen-bond acceptors (Lipinski definition) is 18. The quantitative estimate of drug-likeness (QED) is 0.0134. The van der Waals surface area contributed by atoms with Crippen LogP contribution in [-0.2, 0) is 88.0 Å². The van der Waals surface area contributed by atoms with Gasteiger partial charge in [-0.25, -0.2) is 4.79 Å². The number of carbonyl (C=O) groups excluding carboxylic acids is 12. The van der Waals surface area contributed by atoms with Gasteiger partial charge in [-0.15, -0.1) is 0 Å². The van der Waals surface area contributed by atoms with E-state index in [9.17, 15) is 67.7 Å². The molecule has 0 unspecified atom stereocenters. The van der Waals surface area contributed by atoms with E-state index in [-0.39, 0.29) is 101 Å². The molecule has 10 atom stereocenters. The molecular formula is C74H100ClN17O18. The maximum absolute atomic E-state index is 14.9. The van der Waals surface area contributed by atoms with E-state index in [4.69, 9.17) is 54.3 Å². The second-order valence-corrected chi connectivity index (χ2v) is 26.8. The Labute approximate surface area is 640 Å². The Hall–Kier alpha value is -12.0. The molecule has 5 aromatic rings. The fraction of sp³-hybridized carbons (Fsp3) is 0.432. The number of aromatic hydroxyl groups is 1. The van der Waals surface area contributed by atoms with Crippen molar-refractivity contribution in [3.8, 4) is 5.75 Å². The van der Waals surface area contributed by atoms with Gasteiger partial charge in [-0.05, 0) is 121 Å². The predicted molar refractivity (Wildman–Crippen MR) is 405 cm³/mol. The highest BCUT2D eigenvalue weighted by atomic mass is 35.5. The number of likely N-dealkylation sites (tertiary alicyclic amines) is 1. The van der Waals surface area contributed by atoms with E-state index >= 15 is 0 Å². The largest absolute Gasteiger partial charge is 0.508 e. The number of primary amides is 2. The number of nitrogens with two attached hydrogens (primary N) is 4. The van der Waals surface area contributed by atoms with Crippen LogP contribution in [-0.4, -0.2) is 206 Å². The van der Waals surface area contributed by atoms with Crippen LogP contribution in [0.5, 0.6) is 5.75 Å². The fourth-order valence-electron chi connectivity index (χ4n) is 11.4. The number of pyridine rings is 1. The maximum atomic E-state index is 14.9. The van der Waals surface area contributed by atoms with Crippen molar-refractivity contribution < 1.29 is 87.5 Å². The second kappa shape index (κ2) is 46.3. The number of guanidine groups is 1. The van der Waals surface area contributed by atoms with Crippen LogP contribution in [0.3, 0.4) is 0 Å². The van der Waals surface area contributed by atoms with Gasteiger partial charge in [-0.2, -0.15) is 0 Å². The van der Waals surface area contributed by atoms with Crippen molar-refractivity contribution in [3.63, 3.8) is 0 Å². The standard InChI is InChI=1S/C70H92ClN17O14.2C2H4O2/c1-39(2)31-52(61(94)82-51(15-9-28-77-69(73)74)68(101)88-30-10-16-58(88)67(100)79-40(3)59(72)92)83-60(93)50(14-8-29-78-70(75)102)81-63(96)54(34-43-20-25-49(91)26-21-43)86-66(99)57(38-89)87-65(98)56(36-45-11-7-27-76-37-45)85-64(97)55(33-42-18-23-48(71)24-19-42)84-62(95)53(80-41(4)90)35-44-17-22-46-12-5-6-13-47(46)32-44;2*1-2(3)4/h5-7,11-13,17-27,32,37,39-40,50-58,89,91H,8-10,14-16,28-31,33-36,38H2,1-4H3,(H2,72,92)(H,79,100)(H,80,90)(H,81,96)(H,82,94)(H,83,93)(H,84,95)(H,85,97)(H,86,99)(H,87,98)(H4,73,74,77)(H3,75,78,102);2*1H3,(H,3,4)/t40-,50-,51+,52+,53-,54+,55-,56-,57+,58+;;/m1../s1. The third kappa shape index (κ3) is 33.0. The van der Waals surface area contributed by atoms with Crippen LogP contribution in [0.4, 0.5) is 4.79 Å². The molecule has 36 heteroatoms. The topological polar surface area (TPSA) is 573 Å². The van der Waals surface area contributed by atoms with E-state index in [1.54, 1.807) is 50.2 Å². The third-order valence-corrected chi connectivity index (χ3v) is 16.9. The number of rotatable bonds is 38. The molecule has 1 aliphatic rings. The molecule has 1 saturated heterocycles. The van der Waals surface area contributed by atoms with Gasteiger partial charge < -0.3 is 101 Å². The molecule has 2 heterocycles. The van der Waals surface area contributed by atoms with Gasteiger partial charge in [0.15, 0.2) is 5.96 Å². The number of aliphatic carboxylic acids is 2. The van der Waals surface area contributed by atoms with E-state index in [0.717, 1.165) is 24.6 Å². The Balaban J connectivity index is 0.00000304. The minimum absolute atomic E-state index is 0.000209. The van der Waals surface area contributed by atoms with Crippen LogP contribution < -0.4 is 76.1 Å². The molecule has 6 rings (SSSR count). The zero-order valence-electron chi connectivity index (χ0n) is 62.0. The first kappa shape index (κ1) is 90.4. The lowest BCUT2D eigenvalue weighted by molar-refractivity contribution is -0.142. The van der Waals surface area contributed by atoms with Gasteiger partial charge in [0.1, 0.15) is 66.2 Å². The number of hydrogen-bond donors (Lipinski definition) is 18. The molecule has 0 spiro atoms. The van der Waals surface area contributed by atoms with Crippen LogP contribution >= 0.6 is 11.6 Å². The van der Waals surface area contributed by atoms with Gasteiger partial charge in [0.25, 0.3) is 11.9 Å². The van der Waals surface area contributed by atoms with Gasteiger partial charge in [0.05, 0.1) is 6.61 Å². The average Bonchev–Trinajstić information content (AvgIpc) is 1.57. The van der Waals surface area contributed by atoms with Crippen molar-refractivity contribution >= 4 is 111 Å². The van der Waals surface area contributed by atoms with Crippen molar-refractivity contribution in [2.24, 2.45) is 33.8 Å². The Morgan fingerprint density at radius 3 is 1.53 bits per heavy atom. The Morgan fingerprint density at radius 2 is 1.01 bits per heavy atom. The van der Waals surface area contributed by atoms with E-state index in [2.05, 4.69) is 63.1 Å². The zero-order valence-corrected chi connectivity index (χ0v) is 62.7. The first-order chi connectivity index (χ1) is 52.0. The second-order valence-electron chi connectivity index (χ2n) is 26.4. The number of aliphatic imine (C=N–C) groups is 1. The lowest BCUT2D eigenvalue weighted by Crippen LogP contribution is -2.61. The first-order valence-corrected chi connectivity index (χ1v) is 35.7. The van der Waals surface area contributed by atoms with Crippen LogP contribution in [0.2, 0.25) is 5.02 Å². The summed E-state index contributed by atoms with van der Waals surface area (Å²) in [5.74, 6) is -11.5. The number of phenols is 1. The normalized spacial score (nSPS) is 14.6. The van der Waals surface area contributed by atoms with Crippen molar-refractivity contribution in [3.05, 3.63) is 143 Å². The van der Waals surface area contributed by atoms with Crippen LogP contribution in [0.15, 0.2) is 121 Å². The summed E-state index contributed by atoms with van der Waals surface area (Å²) < 4.78 is 0. The number of aromatic nitrogens is 1. The third-order valence-electron chi connectivity index (χ3n) is 16.7. The highest BCUT2D eigenvalue weighted by molar-refractivity contribution is 6.30. The average molecular weight is 1550 g/mol. The Kier molecular flexibility index (Phi) is 38.0. The zero-order chi connectivity index (χ0) is 81.7.